The van der Waals surface area contributed by atoms with Crippen molar-refractivity contribution in [3.05, 3.63) is 63.6 Å². The summed E-state index contributed by atoms with van der Waals surface area (Å²) in [5, 5.41) is 6.94. The first kappa shape index (κ1) is 24.5. The van der Waals surface area contributed by atoms with Gasteiger partial charge in [0.25, 0.3) is 5.91 Å². The Morgan fingerprint density at radius 3 is 2.56 bits per heavy atom. The zero-order valence-corrected chi connectivity index (χ0v) is 19.7. The summed E-state index contributed by atoms with van der Waals surface area (Å²) >= 11 is 12.1. The lowest BCUT2D eigenvalue weighted by Crippen LogP contribution is -2.38. The lowest BCUT2D eigenvalue weighted by molar-refractivity contribution is -0.121. The maximum Gasteiger partial charge on any atom is 0.253 e. The third kappa shape index (κ3) is 6.94. The summed E-state index contributed by atoms with van der Waals surface area (Å²) in [5.41, 5.74) is 2.11. The van der Waals surface area contributed by atoms with Gasteiger partial charge in [-0.3, -0.25) is 14.5 Å². The van der Waals surface area contributed by atoms with E-state index in [4.69, 9.17) is 27.9 Å². The van der Waals surface area contributed by atoms with Gasteiger partial charge in [-0.15, -0.1) is 0 Å². The van der Waals surface area contributed by atoms with Crippen molar-refractivity contribution in [3.63, 3.8) is 0 Å². The standard InChI is InChI=1S/C24H29Cl2N3O3/c1-32-14-4-11-27-24(31)19-5-2-3-6-22(19)28-23(30)18-9-12-29(13-10-18)16-17-7-8-20(25)21(26)15-17/h2-3,5-8,15,18H,4,9-14,16H2,1H3,(H,27,31)(H,28,30). The molecule has 0 radical (unpaired) electrons. The molecule has 32 heavy (non-hydrogen) atoms. The van der Waals surface area contributed by atoms with E-state index in [2.05, 4.69) is 15.5 Å². The van der Waals surface area contributed by atoms with E-state index in [0.717, 1.165) is 44.5 Å². The minimum absolute atomic E-state index is 0.0428. The van der Waals surface area contributed by atoms with Crippen LogP contribution in [-0.4, -0.2) is 50.1 Å². The Bertz CT molecular complexity index is 930. The lowest BCUT2D eigenvalue weighted by atomic mass is 9.95. The Balaban J connectivity index is 1.51. The number of amides is 2. The van der Waals surface area contributed by atoms with Crippen molar-refractivity contribution in [1.82, 2.24) is 10.2 Å². The molecule has 3 rings (SSSR count). The van der Waals surface area contributed by atoms with Crippen LogP contribution in [0.4, 0.5) is 5.69 Å². The molecule has 1 aliphatic heterocycles. The van der Waals surface area contributed by atoms with Gasteiger partial charge in [-0.25, -0.2) is 0 Å². The first-order valence-electron chi connectivity index (χ1n) is 10.8. The third-order valence-electron chi connectivity index (χ3n) is 5.59. The van der Waals surface area contributed by atoms with Crippen LogP contribution in [0, 0.1) is 5.92 Å². The van der Waals surface area contributed by atoms with Crippen molar-refractivity contribution in [2.45, 2.75) is 25.8 Å². The second-order valence-corrected chi connectivity index (χ2v) is 8.75. The maximum absolute atomic E-state index is 12.9. The van der Waals surface area contributed by atoms with E-state index in [1.54, 1.807) is 25.3 Å². The summed E-state index contributed by atoms with van der Waals surface area (Å²) in [4.78, 5) is 27.7. The Kier molecular flexibility index (Phi) is 9.36. The molecule has 6 nitrogen and oxygen atoms in total. The molecular formula is C24H29Cl2N3O3. The van der Waals surface area contributed by atoms with Gasteiger partial charge in [0.15, 0.2) is 0 Å². The number of piperidine rings is 1. The summed E-state index contributed by atoms with van der Waals surface area (Å²) in [6.07, 6.45) is 2.26. The van der Waals surface area contributed by atoms with Crippen LogP contribution >= 0.6 is 23.2 Å². The fourth-order valence-electron chi connectivity index (χ4n) is 3.79. The maximum atomic E-state index is 12.9. The molecule has 2 N–H and O–H groups in total. The molecule has 2 aromatic carbocycles. The predicted molar refractivity (Wildman–Crippen MR) is 128 cm³/mol. The molecule has 0 saturated carbocycles. The van der Waals surface area contributed by atoms with Crippen molar-refractivity contribution in [3.8, 4) is 0 Å². The van der Waals surface area contributed by atoms with Gasteiger partial charge in [0.1, 0.15) is 0 Å². The van der Waals surface area contributed by atoms with Crippen LogP contribution in [0.15, 0.2) is 42.5 Å². The molecule has 0 aliphatic carbocycles. The molecule has 8 heteroatoms. The normalized spacial score (nSPS) is 14.8. The number of hydrogen-bond acceptors (Lipinski definition) is 4. The summed E-state index contributed by atoms with van der Waals surface area (Å²) in [7, 11) is 1.63. The van der Waals surface area contributed by atoms with Gasteiger partial charge < -0.3 is 15.4 Å². The largest absolute Gasteiger partial charge is 0.385 e. The highest BCUT2D eigenvalue weighted by atomic mass is 35.5. The smallest absolute Gasteiger partial charge is 0.253 e. The van der Waals surface area contributed by atoms with Crippen molar-refractivity contribution in [1.29, 1.82) is 0 Å². The van der Waals surface area contributed by atoms with Gasteiger partial charge in [-0.1, -0.05) is 41.4 Å². The Hall–Kier alpha value is -2.12. The number of halogens is 2. The van der Waals surface area contributed by atoms with Crippen LogP contribution in [0.25, 0.3) is 0 Å². The number of methoxy groups -OCH3 is 1. The Morgan fingerprint density at radius 1 is 1.09 bits per heavy atom. The van der Waals surface area contributed by atoms with E-state index < -0.39 is 0 Å². The molecule has 1 aliphatic rings. The monoisotopic (exact) mass is 477 g/mol. The molecule has 0 atom stereocenters. The molecule has 1 fully saturated rings. The van der Waals surface area contributed by atoms with Crippen LogP contribution in [0.1, 0.15) is 35.2 Å². The second-order valence-electron chi connectivity index (χ2n) is 7.94. The number of benzene rings is 2. The molecule has 2 amide bonds. The fraction of sp³-hybridized carbons (Fsp3) is 0.417. The number of nitrogens with one attached hydrogen (secondary N) is 2. The summed E-state index contributed by atoms with van der Waals surface area (Å²) in [6.45, 7) is 3.52. The predicted octanol–water partition coefficient (Wildman–Crippen LogP) is 4.61. The van der Waals surface area contributed by atoms with Crippen LogP contribution in [0.3, 0.4) is 0 Å². The molecule has 0 spiro atoms. The highest BCUT2D eigenvalue weighted by molar-refractivity contribution is 6.42. The van der Waals surface area contributed by atoms with Crippen molar-refractivity contribution >= 4 is 40.7 Å². The van der Waals surface area contributed by atoms with Crippen LogP contribution < -0.4 is 10.6 Å². The number of ether oxygens (including phenoxy) is 1. The molecular weight excluding hydrogens is 449 g/mol. The van der Waals surface area contributed by atoms with Gasteiger partial charge in [-0.05, 0) is 62.2 Å². The molecule has 2 aromatic rings. The quantitative estimate of drug-likeness (QED) is 0.517. The molecule has 0 unspecified atom stereocenters. The number of carbonyl (C=O) groups is 2. The van der Waals surface area contributed by atoms with E-state index in [1.165, 1.54) is 0 Å². The van der Waals surface area contributed by atoms with Crippen LogP contribution in [-0.2, 0) is 16.1 Å². The average Bonchev–Trinajstić information content (AvgIpc) is 2.80. The number of likely N-dealkylation sites (tertiary alicyclic amines) is 1. The average molecular weight is 478 g/mol. The zero-order chi connectivity index (χ0) is 22.9. The minimum atomic E-state index is -0.201. The molecule has 172 valence electrons. The van der Waals surface area contributed by atoms with Crippen molar-refractivity contribution in [2.24, 2.45) is 5.92 Å². The van der Waals surface area contributed by atoms with E-state index in [-0.39, 0.29) is 17.7 Å². The first-order valence-corrected chi connectivity index (χ1v) is 11.6. The van der Waals surface area contributed by atoms with E-state index >= 15 is 0 Å². The topological polar surface area (TPSA) is 70.7 Å². The lowest BCUT2D eigenvalue weighted by Gasteiger charge is -2.31. The Labute approximate surface area is 199 Å². The molecule has 1 heterocycles. The van der Waals surface area contributed by atoms with Crippen molar-refractivity contribution in [2.75, 3.05) is 38.7 Å². The summed E-state index contributed by atoms with van der Waals surface area (Å²) in [6, 6.07) is 12.8. The molecule has 0 bridgehead atoms. The van der Waals surface area contributed by atoms with E-state index in [1.807, 2.05) is 24.3 Å². The number of anilines is 1. The number of nitrogens with zero attached hydrogens (tertiary/aromatic N) is 1. The number of rotatable bonds is 9. The fourth-order valence-corrected chi connectivity index (χ4v) is 4.11. The number of para-hydroxylation sites is 1. The minimum Gasteiger partial charge on any atom is -0.385 e. The van der Waals surface area contributed by atoms with Crippen LogP contribution in [0.5, 0.6) is 0 Å². The van der Waals surface area contributed by atoms with E-state index in [9.17, 15) is 9.59 Å². The summed E-state index contributed by atoms with van der Waals surface area (Å²) < 4.78 is 5.00. The highest BCUT2D eigenvalue weighted by Gasteiger charge is 2.26. The second kappa shape index (κ2) is 12.2. The first-order chi connectivity index (χ1) is 15.5. The third-order valence-corrected chi connectivity index (χ3v) is 6.33. The highest BCUT2D eigenvalue weighted by Crippen LogP contribution is 2.26. The van der Waals surface area contributed by atoms with E-state index in [0.29, 0.717) is 34.4 Å². The summed E-state index contributed by atoms with van der Waals surface area (Å²) in [5.74, 6) is -0.329. The number of carbonyl (C=O) groups excluding carboxylic acids is 2. The molecule has 0 aromatic heterocycles. The van der Waals surface area contributed by atoms with Crippen molar-refractivity contribution < 1.29 is 14.3 Å². The SMILES string of the molecule is COCCCNC(=O)c1ccccc1NC(=O)C1CCN(Cc2ccc(Cl)c(Cl)c2)CC1. The van der Waals surface area contributed by atoms with Crippen LogP contribution in [0.2, 0.25) is 10.0 Å². The zero-order valence-electron chi connectivity index (χ0n) is 18.2. The van der Waals surface area contributed by atoms with Gasteiger partial charge in [0.05, 0.1) is 21.3 Å². The van der Waals surface area contributed by atoms with Gasteiger partial charge in [-0.2, -0.15) is 0 Å². The Morgan fingerprint density at radius 2 is 1.84 bits per heavy atom. The molecule has 1 saturated heterocycles. The number of hydrogen-bond donors (Lipinski definition) is 2. The van der Waals surface area contributed by atoms with Gasteiger partial charge >= 0.3 is 0 Å². The van der Waals surface area contributed by atoms with Gasteiger partial charge in [0, 0.05) is 32.7 Å². The van der Waals surface area contributed by atoms with Gasteiger partial charge in [0.2, 0.25) is 5.91 Å².